The molecule has 8 nitrogen and oxygen atoms in total. The summed E-state index contributed by atoms with van der Waals surface area (Å²) in [4.78, 5) is 36.3. The summed E-state index contributed by atoms with van der Waals surface area (Å²) in [6.45, 7) is 2.37. The number of carbonyl (C=O) groups excluding carboxylic acids is 1. The van der Waals surface area contributed by atoms with Crippen LogP contribution in [-0.4, -0.2) is 57.4 Å². The largest absolute Gasteiger partial charge is 0.490 e. The lowest BCUT2D eigenvalue weighted by atomic mass is 9.87. The number of hydrogen-bond donors (Lipinski definition) is 2. The number of halogens is 2. The summed E-state index contributed by atoms with van der Waals surface area (Å²) < 4.78 is 34.7. The van der Waals surface area contributed by atoms with E-state index in [1.807, 2.05) is 0 Å². The highest BCUT2D eigenvalue weighted by molar-refractivity contribution is 5.93. The number of nitrogens with one attached hydrogen (secondary N) is 2. The SMILES string of the molecule is CC(C(=O)Nc1ncc(OCC2CC2)cn1)N1CCC(F)(F)C(c2ccc(=O)[nH]c2)C1. The first-order valence-corrected chi connectivity index (χ1v) is 10.4. The molecule has 2 N–H and O–H groups in total. The van der Waals surface area contributed by atoms with Crippen molar-refractivity contribution in [2.24, 2.45) is 5.92 Å². The van der Waals surface area contributed by atoms with Gasteiger partial charge in [-0.05, 0) is 31.2 Å². The van der Waals surface area contributed by atoms with E-state index in [0.717, 1.165) is 0 Å². The Morgan fingerprint density at radius 2 is 2.10 bits per heavy atom. The number of ether oxygens (including phenoxy) is 1. The number of alkyl halides is 2. The number of carbonyl (C=O) groups is 1. The molecule has 0 aromatic carbocycles. The van der Waals surface area contributed by atoms with E-state index < -0.39 is 17.9 Å². The molecule has 1 aliphatic heterocycles. The molecule has 0 radical (unpaired) electrons. The molecule has 2 fully saturated rings. The standard InChI is InChI=1S/C21H25F2N5O3/c1-13(19(30)27-20-25-9-16(10-26-20)31-12-14-2-3-14)28-7-6-21(22,23)17(11-28)15-4-5-18(29)24-8-15/h4-5,8-10,13-14,17H,2-3,6-7,11-12H2,1H3,(H,24,29)(H,25,26,27,30). The summed E-state index contributed by atoms with van der Waals surface area (Å²) >= 11 is 0. The maximum absolute atomic E-state index is 14.5. The lowest BCUT2D eigenvalue weighted by Crippen LogP contribution is -2.52. The third-order valence-electron chi connectivity index (χ3n) is 5.84. The fraction of sp³-hybridized carbons (Fsp3) is 0.524. The topological polar surface area (TPSA) is 100 Å². The van der Waals surface area contributed by atoms with Crippen molar-refractivity contribution in [2.45, 2.75) is 44.1 Å². The smallest absolute Gasteiger partial charge is 0.257 e. The molecule has 1 amide bonds. The number of anilines is 1. The fourth-order valence-corrected chi connectivity index (χ4v) is 3.60. The van der Waals surface area contributed by atoms with Gasteiger partial charge in [-0.25, -0.2) is 18.7 Å². The molecule has 2 unspecified atom stereocenters. The van der Waals surface area contributed by atoms with Crippen molar-refractivity contribution in [2.75, 3.05) is 25.0 Å². The highest BCUT2D eigenvalue weighted by Crippen LogP contribution is 2.40. The molecule has 31 heavy (non-hydrogen) atoms. The molecule has 1 saturated carbocycles. The van der Waals surface area contributed by atoms with Crippen LogP contribution in [0.3, 0.4) is 0 Å². The first-order valence-electron chi connectivity index (χ1n) is 10.4. The highest BCUT2D eigenvalue weighted by atomic mass is 19.3. The highest BCUT2D eigenvalue weighted by Gasteiger charge is 2.46. The maximum Gasteiger partial charge on any atom is 0.257 e. The zero-order valence-corrected chi connectivity index (χ0v) is 17.2. The van der Waals surface area contributed by atoms with Crippen molar-refractivity contribution in [1.82, 2.24) is 19.9 Å². The Kier molecular flexibility index (Phi) is 5.99. The Labute approximate surface area is 178 Å². The van der Waals surface area contributed by atoms with E-state index in [-0.39, 0.29) is 36.9 Å². The predicted molar refractivity (Wildman–Crippen MR) is 109 cm³/mol. The van der Waals surface area contributed by atoms with Gasteiger partial charge in [0.05, 0.1) is 31.0 Å². The van der Waals surface area contributed by atoms with Crippen LogP contribution in [0.25, 0.3) is 0 Å². The third kappa shape index (κ3) is 5.25. The van der Waals surface area contributed by atoms with Crippen LogP contribution in [0.5, 0.6) is 5.75 Å². The summed E-state index contributed by atoms with van der Waals surface area (Å²) in [7, 11) is 0. The molecule has 0 spiro atoms. The van der Waals surface area contributed by atoms with Gasteiger partial charge in [0.25, 0.3) is 5.92 Å². The Morgan fingerprint density at radius 3 is 2.74 bits per heavy atom. The monoisotopic (exact) mass is 433 g/mol. The van der Waals surface area contributed by atoms with E-state index >= 15 is 0 Å². The van der Waals surface area contributed by atoms with Crippen molar-refractivity contribution in [3.63, 3.8) is 0 Å². The van der Waals surface area contributed by atoms with Crippen LogP contribution in [0.1, 0.15) is 37.7 Å². The summed E-state index contributed by atoms with van der Waals surface area (Å²) in [6, 6.07) is 1.98. The number of nitrogens with zero attached hydrogens (tertiary/aromatic N) is 3. The first-order chi connectivity index (χ1) is 14.8. The first kappa shape index (κ1) is 21.4. The molecule has 10 heteroatoms. The van der Waals surface area contributed by atoms with Gasteiger partial charge in [-0.15, -0.1) is 0 Å². The number of H-pyrrole nitrogens is 1. The Hall–Kier alpha value is -2.88. The molecule has 1 aliphatic carbocycles. The summed E-state index contributed by atoms with van der Waals surface area (Å²) in [5, 5.41) is 2.63. The molecule has 2 aromatic heterocycles. The van der Waals surface area contributed by atoms with Crippen LogP contribution in [0.4, 0.5) is 14.7 Å². The lowest BCUT2D eigenvalue weighted by Gasteiger charge is -2.40. The molecule has 166 valence electrons. The van der Waals surface area contributed by atoms with Crippen LogP contribution >= 0.6 is 0 Å². The molecule has 2 aliphatic rings. The van der Waals surface area contributed by atoms with Crippen LogP contribution in [0.15, 0.2) is 35.5 Å². The fourth-order valence-electron chi connectivity index (χ4n) is 3.60. The summed E-state index contributed by atoms with van der Waals surface area (Å²) in [5.41, 5.74) is -0.0107. The average Bonchev–Trinajstić information content (AvgIpc) is 3.58. The second-order valence-electron chi connectivity index (χ2n) is 8.21. The minimum absolute atomic E-state index is 0.0115. The van der Waals surface area contributed by atoms with Gasteiger partial charge in [-0.3, -0.25) is 19.8 Å². The minimum Gasteiger partial charge on any atom is -0.490 e. The number of pyridine rings is 1. The van der Waals surface area contributed by atoms with Crippen LogP contribution in [0.2, 0.25) is 0 Å². The number of amides is 1. The second-order valence-corrected chi connectivity index (χ2v) is 8.21. The van der Waals surface area contributed by atoms with Crippen LogP contribution in [0, 0.1) is 5.92 Å². The Morgan fingerprint density at radius 1 is 1.35 bits per heavy atom. The van der Waals surface area contributed by atoms with E-state index in [1.165, 1.54) is 43.6 Å². The van der Waals surface area contributed by atoms with Gasteiger partial charge in [0, 0.05) is 31.8 Å². The quantitative estimate of drug-likeness (QED) is 0.696. The molecule has 0 bridgehead atoms. The number of rotatable bonds is 7. The van der Waals surface area contributed by atoms with E-state index in [0.29, 0.717) is 23.8 Å². The average molecular weight is 433 g/mol. The molecular formula is C21H25F2N5O3. The number of hydrogen-bond acceptors (Lipinski definition) is 6. The van der Waals surface area contributed by atoms with Gasteiger partial charge in [-0.1, -0.05) is 6.07 Å². The lowest BCUT2D eigenvalue weighted by molar-refractivity contribution is -0.125. The van der Waals surface area contributed by atoms with Gasteiger partial charge in [0.2, 0.25) is 17.4 Å². The number of piperidine rings is 1. The van der Waals surface area contributed by atoms with Gasteiger partial charge < -0.3 is 9.72 Å². The molecule has 3 heterocycles. The van der Waals surface area contributed by atoms with E-state index in [9.17, 15) is 18.4 Å². The molecule has 2 atom stereocenters. The normalized spacial score (nSPS) is 22.0. The van der Waals surface area contributed by atoms with E-state index in [4.69, 9.17) is 4.74 Å². The van der Waals surface area contributed by atoms with E-state index in [2.05, 4.69) is 20.3 Å². The van der Waals surface area contributed by atoms with Crippen LogP contribution < -0.4 is 15.6 Å². The van der Waals surface area contributed by atoms with Crippen molar-refractivity contribution >= 4 is 11.9 Å². The zero-order valence-electron chi connectivity index (χ0n) is 17.2. The van der Waals surface area contributed by atoms with Gasteiger partial charge in [-0.2, -0.15) is 0 Å². The van der Waals surface area contributed by atoms with Crippen molar-refractivity contribution in [3.8, 4) is 5.75 Å². The number of aromatic nitrogens is 3. The Bertz CT molecular complexity index is 957. The van der Waals surface area contributed by atoms with Crippen molar-refractivity contribution < 1.29 is 18.3 Å². The van der Waals surface area contributed by atoms with Gasteiger partial charge in [0.15, 0.2) is 5.75 Å². The molecule has 2 aromatic rings. The third-order valence-corrected chi connectivity index (χ3v) is 5.84. The Balaban J connectivity index is 1.37. The minimum atomic E-state index is -2.93. The predicted octanol–water partition coefficient (Wildman–Crippen LogP) is 2.41. The molecule has 4 rings (SSSR count). The molecular weight excluding hydrogens is 408 g/mol. The van der Waals surface area contributed by atoms with Crippen molar-refractivity contribution in [1.29, 1.82) is 0 Å². The molecule has 1 saturated heterocycles. The number of likely N-dealkylation sites (tertiary alicyclic amines) is 1. The van der Waals surface area contributed by atoms with Crippen molar-refractivity contribution in [3.05, 3.63) is 46.6 Å². The van der Waals surface area contributed by atoms with Gasteiger partial charge in [0.1, 0.15) is 0 Å². The summed E-state index contributed by atoms with van der Waals surface area (Å²) in [6.07, 6.45) is 6.30. The van der Waals surface area contributed by atoms with E-state index in [1.54, 1.807) is 11.8 Å². The zero-order chi connectivity index (χ0) is 22.0. The second kappa shape index (κ2) is 8.70. The maximum atomic E-state index is 14.5. The van der Waals surface area contributed by atoms with Gasteiger partial charge >= 0.3 is 0 Å². The number of aromatic amines is 1. The van der Waals surface area contributed by atoms with Crippen LogP contribution in [-0.2, 0) is 4.79 Å². The summed E-state index contributed by atoms with van der Waals surface area (Å²) in [5.74, 6) is -3.14.